The van der Waals surface area contributed by atoms with Crippen LogP contribution in [0.15, 0.2) is 48.5 Å². The molecule has 0 aromatic heterocycles. The van der Waals surface area contributed by atoms with Crippen LogP contribution in [0.25, 0.3) is 0 Å². The van der Waals surface area contributed by atoms with Crippen LogP contribution in [-0.4, -0.2) is 30.0 Å². The van der Waals surface area contributed by atoms with Gasteiger partial charge in [0, 0.05) is 23.7 Å². The van der Waals surface area contributed by atoms with E-state index in [1.165, 1.54) is 0 Å². The van der Waals surface area contributed by atoms with Crippen molar-refractivity contribution in [3.8, 4) is 5.75 Å². The first-order chi connectivity index (χ1) is 14.2. The summed E-state index contributed by atoms with van der Waals surface area (Å²) in [7, 11) is 0. The van der Waals surface area contributed by atoms with Crippen LogP contribution in [0.1, 0.15) is 54.0 Å². The number of urea groups is 1. The van der Waals surface area contributed by atoms with E-state index in [0.717, 1.165) is 5.56 Å². The minimum atomic E-state index is -0.444. The van der Waals surface area contributed by atoms with Crippen LogP contribution in [0.2, 0.25) is 0 Å². The largest absolute Gasteiger partial charge is 0.491 e. The van der Waals surface area contributed by atoms with Crippen molar-refractivity contribution < 1.29 is 19.1 Å². The van der Waals surface area contributed by atoms with Gasteiger partial charge in [-0.05, 0) is 69.7 Å². The SMILES string of the molecule is CC(C)NC(=O)NCc1ccc(C(=O)NNC(=O)c2ccc(OC(C)C)cc2)cc1. The van der Waals surface area contributed by atoms with Crippen molar-refractivity contribution in [1.82, 2.24) is 21.5 Å². The highest BCUT2D eigenvalue weighted by atomic mass is 16.5. The molecule has 0 aliphatic heterocycles. The Morgan fingerprint density at radius 2 is 1.30 bits per heavy atom. The molecule has 0 radical (unpaired) electrons. The number of carbonyl (C=O) groups is 3. The maximum atomic E-state index is 12.2. The van der Waals surface area contributed by atoms with Gasteiger partial charge in [-0.2, -0.15) is 0 Å². The highest BCUT2D eigenvalue weighted by Gasteiger charge is 2.10. The molecule has 0 atom stereocenters. The Morgan fingerprint density at radius 1 is 0.800 bits per heavy atom. The third kappa shape index (κ3) is 7.46. The number of ether oxygens (including phenoxy) is 1. The van der Waals surface area contributed by atoms with Gasteiger partial charge in [-0.1, -0.05) is 12.1 Å². The molecular weight excluding hydrogens is 384 g/mol. The fraction of sp³-hybridized carbons (Fsp3) is 0.318. The smallest absolute Gasteiger partial charge is 0.315 e. The quantitative estimate of drug-likeness (QED) is 0.524. The van der Waals surface area contributed by atoms with Gasteiger partial charge in [0.15, 0.2) is 0 Å². The van der Waals surface area contributed by atoms with Crippen LogP contribution >= 0.6 is 0 Å². The second kappa shape index (κ2) is 10.8. The number of hydrazine groups is 1. The lowest BCUT2D eigenvalue weighted by Gasteiger charge is -2.11. The average molecular weight is 412 g/mol. The Labute approximate surface area is 176 Å². The molecular formula is C22H28N4O4. The summed E-state index contributed by atoms with van der Waals surface area (Å²) in [4.78, 5) is 36.0. The summed E-state index contributed by atoms with van der Waals surface area (Å²) in [6.45, 7) is 7.93. The molecule has 0 saturated heterocycles. The van der Waals surface area contributed by atoms with Crippen molar-refractivity contribution >= 4 is 17.8 Å². The number of hydrogen-bond donors (Lipinski definition) is 4. The lowest BCUT2D eigenvalue weighted by molar-refractivity contribution is 0.0846. The fourth-order valence-corrected chi connectivity index (χ4v) is 2.48. The zero-order valence-electron chi connectivity index (χ0n) is 17.6. The zero-order valence-corrected chi connectivity index (χ0v) is 17.6. The number of carbonyl (C=O) groups excluding carboxylic acids is 3. The maximum Gasteiger partial charge on any atom is 0.315 e. The second-order valence-corrected chi connectivity index (χ2v) is 7.28. The normalized spacial score (nSPS) is 10.5. The van der Waals surface area contributed by atoms with Gasteiger partial charge in [0.1, 0.15) is 5.75 Å². The number of rotatable bonds is 7. The van der Waals surface area contributed by atoms with Gasteiger partial charge in [-0.25, -0.2) is 4.79 Å². The lowest BCUT2D eigenvalue weighted by Crippen LogP contribution is -2.41. The van der Waals surface area contributed by atoms with Gasteiger partial charge in [0.2, 0.25) is 0 Å². The van der Waals surface area contributed by atoms with E-state index in [-0.39, 0.29) is 18.2 Å². The van der Waals surface area contributed by atoms with Gasteiger partial charge in [-0.3, -0.25) is 20.4 Å². The molecule has 2 aromatic rings. The first-order valence-electron chi connectivity index (χ1n) is 9.75. The van der Waals surface area contributed by atoms with Crippen molar-refractivity contribution in [2.45, 2.75) is 46.4 Å². The molecule has 30 heavy (non-hydrogen) atoms. The van der Waals surface area contributed by atoms with E-state index in [2.05, 4.69) is 21.5 Å². The van der Waals surface area contributed by atoms with Crippen LogP contribution in [0.5, 0.6) is 5.75 Å². The van der Waals surface area contributed by atoms with Gasteiger partial charge >= 0.3 is 6.03 Å². The molecule has 0 spiro atoms. The average Bonchev–Trinajstić information content (AvgIpc) is 2.70. The molecule has 0 saturated carbocycles. The summed E-state index contributed by atoms with van der Waals surface area (Å²) >= 11 is 0. The van der Waals surface area contributed by atoms with Gasteiger partial charge in [0.05, 0.1) is 6.10 Å². The van der Waals surface area contributed by atoms with Crippen molar-refractivity contribution in [3.05, 3.63) is 65.2 Å². The van der Waals surface area contributed by atoms with E-state index < -0.39 is 11.8 Å². The molecule has 0 aliphatic carbocycles. The monoisotopic (exact) mass is 412 g/mol. The lowest BCUT2D eigenvalue weighted by atomic mass is 10.1. The van der Waals surface area contributed by atoms with Crippen LogP contribution in [-0.2, 0) is 6.54 Å². The molecule has 8 heteroatoms. The second-order valence-electron chi connectivity index (χ2n) is 7.28. The minimum Gasteiger partial charge on any atom is -0.491 e. The summed E-state index contributed by atoms with van der Waals surface area (Å²) in [6.07, 6.45) is 0.0447. The molecule has 2 rings (SSSR count). The molecule has 160 valence electrons. The first kappa shape index (κ1) is 22.7. The molecule has 0 aliphatic rings. The Balaban J connectivity index is 1.82. The van der Waals surface area contributed by atoms with Crippen LogP contribution in [0, 0.1) is 0 Å². The fourth-order valence-electron chi connectivity index (χ4n) is 2.48. The van der Waals surface area contributed by atoms with E-state index in [4.69, 9.17) is 4.74 Å². The highest BCUT2D eigenvalue weighted by molar-refractivity contribution is 5.99. The molecule has 0 fully saturated rings. The number of hydrogen-bond acceptors (Lipinski definition) is 4. The van der Waals surface area contributed by atoms with E-state index >= 15 is 0 Å². The van der Waals surface area contributed by atoms with Gasteiger partial charge in [-0.15, -0.1) is 0 Å². The predicted molar refractivity (Wildman–Crippen MR) is 114 cm³/mol. The van der Waals surface area contributed by atoms with E-state index in [1.54, 1.807) is 48.5 Å². The summed E-state index contributed by atoms with van der Waals surface area (Å²) in [5, 5.41) is 5.47. The Morgan fingerprint density at radius 3 is 1.77 bits per heavy atom. The van der Waals surface area contributed by atoms with Crippen molar-refractivity contribution in [2.75, 3.05) is 0 Å². The zero-order chi connectivity index (χ0) is 22.1. The highest BCUT2D eigenvalue weighted by Crippen LogP contribution is 2.13. The number of nitrogens with one attached hydrogen (secondary N) is 4. The predicted octanol–water partition coefficient (Wildman–Crippen LogP) is 2.76. The third-order valence-electron chi connectivity index (χ3n) is 3.87. The third-order valence-corrected chi connectivity index (χ3v) is 3.87. The van der Waals surface area contributed by atoms with Crippen molar-refractivity contribution in [3.63, 3.8) is 0 Å². The summed E-state index contributed by atoms with van der Waals surface area (Å²) in [5.74, 6) is -0.210. The van der Waals surface area contributed by atoms with Crippen molar-refractivity contribution in [2.24, 2.45) is 0 Å². The topological polar surface area (TPSA) is 109 Å². The molecule has 0 heterocycles. The molecule has 8 nitrogen and oxygen atoms in total. The Hall–Kier alpha value is -3.55. The van der Waals surface area contributed by atoms with E-state index in [9.17, 15) is 14.4 Å². The summed E-state index contributed by atoms with van der Waals surface area (Å²) in [6, 6.07) is 13.2. The molecule has 2 aromatic carbocycles. The first-order valence-corrected chi connectivity index (χ1v) is 9.75. The summed E-state index contributed by atoms with van der Waals surface area (Å²) in [5.41, 5.74) is 6.39. The Kier molecular flexibility index (Phi) is 8.22. The van der Waals surface area contributed by atoms with E-state index in [1.807, 2.05) is 27.7 Å². The molecule has 0 bridgehead atoms. The standard InChI is InChI=1S/C22H28N4O4/c1-14(2)24-22(29)23-13-16-5-7-17(8-6-16)20(27)25-26-21(28)18-9-11-19(12-10-18)30-15(3)4/h5-12,14-15H,13H2,1-4H3,(H,25,27)(H,26,28)(H2,23,24,29). The molecule has 4 N–H and O–H groups in total. The van der Waals surface area contributed by atoms with Gasteiger partial charge < -0.3 is 15.4 Å². The number of benzene rings is 2. The van der Waals surface area contributed by atoms with Crippen molar-refractivity contribution in [1.29, 1.82) is 0 Å². The minimum absolute atomic E-state index is 0.0447. The Bertz CT molecular complexity index is 862. The van der Waals surface area contributed by atoms with Crippen LogP contribution < -0.4 is 26.2 Å². The number of amides is 4. The van der Waals surface area contributed by atoms with Gasteiger partial charge in [0.25, 0.3) is 11.8 Å². The van der Waals surface area contributed by atoms with Crippen LogP contribution in [0.3, 0.4) is 0 Å². The van der Waals surface area contributed by atoms with E-state index in [0.29, 0.717) is 23.4 Å². The molecule has 0 unspecified atom stereocenters. The maximum absolute atomic E-state index is 12.2. The molecule has 4 amide bonds. The van der Waals surface area contributed by atoms with Crippen LogP contribution in [0.4, 0.5) is 4.79 Å². The summed E-state index contributed by atoms with van der Waals surface area (Å²) < 4.78 is 5.53.